The normalized spacial score (nSPS) is 14.1. The van der Waals surface area contributed by atoms with Crippen molar-refractivity contribution in [1.29, 1.82) is 0 Å². The molecule has 3 rings (SSSR count). The van der Waals surface area contributed by atoms with Gasteiger partial charge in [0.15, 0.2) is 0 Å². The summed E-state index contributed by atoms with van der Waals surface area (Å²) in [5.74, 6) is 0.0138. The van der Waals surface area contributed by atoms with Gasteiger partial charge >= 0.3 is 18.2 Å². The number of piperidine rings is 1. The van der Waals surface area contributed by atoms with Crippen LogP contribution >= 0.6 is 0 Å². The van der Waals surface area contributed by atoms with Crippen molar-refractivity contribution >= 4 is 23.8 Å². The number of benzene rings is 2. The number of anilines is 1. The first kappa shape index (κ1) is 29.8. The minimum absolute atomic E-state index is 0.138. The Kier molecular flexibility index (Phi) is 10.2. The average molecular weight is 541 g/mol. The number of hydrogen-bond acceptors (Lipinski definition) is 7. The molecule has 1 aliphatic heterocycles. The van der Waals surface area contributed by atoms with Gasteiger partial charge in [0.2, 0.25) is 0 Å². The Morgan fingerprint density at radius 1 is 1.03 bits per heavy atom. The molecule has 0 N–H and O–H groups in total. The van der Waals surface area contributed by atoms with E-state index in [-0.39, 0.29) is 30.2 Å². The molecule has 0 spiro atoms. The molecule has 0 bridgehead atoms. The first-order chi connectivity index (χ1) is 18.5. The molecular weight excluding hydrogens is 500 g/mol. The second-order valence-corrected chi connectivity index (χ2v) is 11.0. The summed E-state index contributed by atoms with van der Waals surface area (Å²) in [4.78, 5) is 42.0. The molecule has 1 saturated heterocycles. The Hall–Kier alpha value is -3.75. The van der Waals surface area contributed by atoms with Crippen LogP contribution in [0.25, 0.3) is 0 Å². The largest absolute Gasteiger partial charge is 0.489 e. The molecule has 0 aromatic heterocycles. The monoisotopic (exact) mass is 540 g/mol. The molecule has 9 nitrogen and oxygen atoms in total. The minimum atomic E-state index is -0.597. The van der Waals surface area contributed by atoms with Gasteiger partial charge in [-0.3, -0.25) is 4.90 Å². The highest BCUT2D eigenvalue weighted by Crippen LogP contribution is 2.32. The van der Waals surface area contributed by atoms with E-state index in [0.29, 0.717) is 44.0 Å². The van der Waals surface area contributed by atoms with E-state index < -0.39 is 17.7 Å². The van der Waals surface area contributed by atoms with Gasteiger partial charge in [-0.15, -0.1) is 0 Å². The van der Waals surface area contributed by atoms with Crippen molar-refractivity contribution in [2.24, 2.45) is 5.92 Å². The summed E-state index contributed by atoms with van der Waals surface area (Å²) in [5, 5.41) is 0. The van der Waals surface area contributed by atoms with Crippen molar-refractivity contribution in [3.8, 4) is 5.75 Å². The highest BCUT2D eigenvalue weighted by Gasteiger charge is 2.35. The van der Waals surface area contributed by atoms with Crippen LogP contribution < -0.4 is 9.64 Å². The number of nitrogens with zero attached hydrogens (tertiary/aromatic N) is 2. The topological polar surface area (TPSA) is 94.6 Å². The standard InChI is InChI=1S/C30H40N2O7/c1-21(2)19-38-29(35)32(23-14-16-31(17-15-23)28(34)39-30(3,4)5)26-13-12-24(18-25(26)27(33)36-6)37-20-22-10-8-7-9-11-22/h7-13,18,21,23H,14-17,19-20H2,1-6H3. The van der Waals surface area contributed by atoms with E-state index in [1.165, 1.54) is 12.0 Å². The number of carbonyl (C=O) groups is 3. The number of amides is 2. The van der Waals surface area contributed by atoms with E-state index in [9.17, 15) is 14.4 Å². The summed E-state index contributed by atoms with van der Waals surface area (Å²) >= 11 is 0. The summed E-state index contributed by atoms with van der Waals surface area (Å²) in [5.41, 5.74) is 0.953. The van der Waals surface area contributed by atoms with Crippen LogP contribution in [0.4, 0.5) is 15.3 Å². The third-order valence-electron chi connectivity index (χ3n) is 6.10. The summed E-state index contributed by atoms with van der Waals surface area (Å²) < 4.78 is 22.1. The lowest BCUT2D eigenvalue weighted by atomic mass is 10.0. The molecule has 0 aliphatic carbocycles. The lowest BCUT2D eigenvalue weighted by Gasteiger charge is -2.38. The fourth-order valence-electron chi connectivity index (χ4n) is 4.21. The van der Waals surface area contributed by atoms with Crippen LogP contribution in [0.2, 0.25) is 0 Å². The fourth-order valence-corrected chi connectivity index (χ4v) is 4.21. The van der Waals surface area contributed by atoms with Crippen LogP contribution in [0, 0.1) is 5.92 Å². The van der Waals surface area contributed by atoms with Gasteiger partial charge < -0.3 is 23.8 Å². The number of ether oxygens (including phenoxy) is 4. The fraction of sp³-hybridized carbons (Fsp3) is 0.500. The highest BCUT2D eigenvalue weighted by molar-refractivity contribution is 6.01. The van der Waals surface area contributed by atoms with Crippen molar-refractivity contribution in [3.05, 3.63) is 59.7 Å². The van der Waals surface area contributed by atoms with Gasteiger partial charge in [0.1, 0.15) is 18.0 Å². The average Bonchev–Trinajstić information content (AvgIpc) is 2.91. The molecule has 39 heavy (non-hydrogen) atoms. The van der Waals surface area contributed by atoms with Crippen LogP contribution in [-0.4, -0.2) is 61.5 Å². The van der Waals surface area contributed by atoms with Crippen molar-refractivity contribution < 1.29 is 33.3 Å². The van der Waals surface area contributed by atoms with E-state index in [1.807, 2.05) is 65.0 Å². The summed E-state index contributed by atoms with van der Waals surface area (Å²) in [6.07, 6.45) is 0.0405. The van der Waals surface area contributed by atoms with Gasteiger partial charge in [-0.05, 0) is 63.3 Å². The molecule has 1 fully saturated rings. The van der Waals surface area contributed by atoms with Gasteiger partial charge in [-0.2, -0.15) is 0 Å². The van der Waals surface area contributed by atoms with Crippen molar-refractivity contribution in [3.63, 3.8) is 0 Å². The van der Waals surface area contributed by atoms with Gasteiger partial charge in [0.05, 0.1) is 25.0 Å². The smallest absolute Gasteiger partial charge is 0.414 e. The van der Waals surface area contributed by atoms with Crippen LogP contribution in [0.3, 0.4) is 0 Å². The zero-order valence-electron chi connectivity index (χ0n) is 23.8. The zero-order valence-corrected chi connectivity index (χ0v) is 23.8. The maximum absolute atomic E-state index is 13.4. The summed E-state index contributed by atoms with van der Waals surface area (Å²) in [6, 6.07) is 14.4. The predicted octanol–water partition coefficient (Wildman–Crippen LogP) is 6.05. The molecule has 2 aromatic carbocycles. The molecule has 1 heterocycles. The zero-order chi connectivity index (χ0) is 28.6. The van der Waals surface area contributed by atoms with Crippen molar-refractivity contribution in [2.75, 3.05) is 31.7 Å². The van der Waals surface area contributed by atoms with Crippen molar-refractivity contribution in [2.45, 2.75) is 65.7 Å². The van der Waals surface area contributed by atoms with Crippen LogP contribution in [0.1, 0.15) is 63.4 Å². The Labute approximate surface area is 231 Å². The van der Waals surface area contributed by atoms with Crippen LogP contribution in [0.15, 0.2) is 48.5 Å². The highest BCUT2D eigenvalue weighted by atomic mass is 16.6. The Morgan fingerprint density at radius 2 is 1.69 bits per heavy atom. The van der Waals surface area contributed by atoms with E-state index in [4.69, 9.17) is 18.9 Å². The van der Waals surface area contributed by atoms with Gasteiger partial charge in [-0.1, -0.05) is 44.2 Å². The maximum atomic E-state index is 13.4. The van der Waals surface area contributed by atoms with E-state index in [1.54, 1.807) is 23.1 Å². The lowest BCUT2D eigenvalue weighted by molar-refractivity contribution is 0.0204. The number of methoxy groups -OCH3 is 1. The quantitative estimate of drug-likeness (QED) is 0.297. The van der Waals surface area contributed by atoms with Gasteiger partial charge in [0.25, 0.3) is 0 Å². The number of esters is 1. The summed E-state index contributed by atoms with van der Waals surface area (Å²) in [6.45, 7) is 10.7. The molecule has 0 radical (unpaired) electrons. The number of hydrogen-bond donors (Lipinski definition) is 0. The second-order valence-electron chi connectivity index (χ2n) is 11.0. The van der Waals surface area contributed by atoms with E-state index in [2.05, 4.69) is 0 Å². The Bertz CT molecular complexity index is 1120. The molecule has 0 unspecified atom stereocenters. The molecule has 0 atom stereocenters. The number of carbonyl (C=O) groups excluding carboxylic acids is 3. The molecular formula is C30H40N2O7. The third-order valence-corrected chi connectivity index (χ3v) is 6.10. The van der Waals surface area contributed by atoms with Crippen molar-refractivity contribution in [1.82, 2.24) is 4.90 Å². The lowest BCUT2D eigenvalue weighted by Crippen LogP contribution is -2.50. The number of likely N-dealkylation sites (tertiary alicyclic amines) is 1. The molecule has 212 valence electrons. The number of rotatable bonds is 8. The van der Waals surface area contributed by atoms with E-state index >= 15 is 0 Å². The third kappa shape index (κ3) is 8.63. The molecule has 0 saturated carbocycles. The molecule has 1 aliphatic rings. The first-order valence-corrected chi connectivity index (χ1v) is 13.3. The van der Waals surface area contributed by atoms with E-state index in [0.717, 1.165) is 5.56 Å². The minimum Gasteiger partial charge on any atom is -0.489 e. The molecule has 9 heteroatoms. The SMILES string of the molecule is COC(=O)c1cc(OCc2ccccc2)ccc1N(C(=O)OCC(C)C)C1CCN(C(=O)OC(C)(C)C)CC1. The molecule has 2 amide bonds. The first-order valence-electron chi connectivity index (χ1n) is 13.3. The Morgan fingerprint density at radius 3 is 2.28 bits per heavy atom. The van der Waals surface area contributed by atoms with Crippen LogP contribution in [-0.2, 0) is 20.8 Å². The Balaban J connectivity index is 1.87. The van der Waals surface area contributed by atoms with Gasteiger partial charge in [0, 0.05) is 19.1 Å². The van der Waals surface area contributed by atoms with Gasteiger partial charge in [-0.25, -0.2) is 14.4 Å². The predicted molar refractivity (Wildman–Crippen MR) is 148 cm³/mol. The van der Waals surface area contributed by atoms with Crippen LogP contribution in [0.5, 0.6) is 5.75 Å². The molecule has 2 aromatic rings. The second kappa shape index (κ2) is 13.4. The maximum Gasteiger partial charge on any atom is 0.414 e. The summed E-state index contributed by atoms with van der Waals surface area (Å²) in [7, 11) is 1.30.